The van der Waals surface area contributed by atoms with Crippen LogP contribution in [0, 0.1) is 0 Å². The monoisotopic (exact) mass is 400 g/mol. The largest absolute Gasteiger partial charge is 0.573 e. The fourth-order valence-electron chi connectivity index (χ4n) is 2.61. The predicted molar refractivity (Wildman–Crippen MR) is 88.8 cm³/mol. The quantitative estimate of drug-likeness (QED) is 0.634. The number of carbonyl (C=O) groups excluding carboxylic acids is 2. The van der Waals surface area contributed by atoms with Crippen molar-refractivity contribution >= 4 is 11.9 Å². The van der Waals surface area contributed by atoms with Crippen LogP contribution in [-0.2, 0) is 9.53 Å². The van der Waals surface area contributed by atoms with Crippen LogP contribution in [0.25, 0.3) is 0 Å². The third kappa shape index (κ3) is 4.81. The molecule has 2 aromatic rings. The molecule has 1 aromatic carbocycles. The van der Waals surface area contributed by atoms with Crippen molar-refractivity contribution in [3.63, 3.8) is 0 Å². The highest BCUT2D eigenvalue weighted by molar-refractivity contribution is 5.92. The number of nitrogens with one attached hydrogen (secondary N) is 1. The molecular formula is C17H15F3N2O6. The number of benzene rings is 1. The first-order valence-electron chi connectivity index (χ1n) is 7.70. The van der Waals surface area contributed by atoms with Crippen molar-refractivity contribution in [2.24, 2.45) is 5.73 Å². The van der Waals surface area contributed by atoms with Crippen molar-refractivity contribution in [1.82, 2.24) is 4.98 Å². The van der Waals surface area contributed by atoms with Crippen molar-refractivity contribution in [1.29, 1.82) is 0 Å². The number of esters is 1. The van der Waals surface area contributed by atoms with Crippen molar-refractivity contribution in [2.45, 2.75) is 18.7 Å². The third-order valence-corrected chi connectivity index (χ3v) is 3.78. The van der Waals surface area contributed by atoms with Crippen LogP contribution >= 0.6 is 0 Å². The van der Waals surface area contributed by atoms with Gasteiger partial charge in [0.05, 0.1) is 12.7 Å². The minimum absolute atomic E-state index is 0.191. The van der Waals surface area contributed by atoms with Gasteiger partial charge in [-0.2, -0.15) is 0 Å². The fourth-order valence-corrected chi connectivity index (χ4v) is 2.61. The Morgan fingerprint density at radius 3 is 2.36 bits per heavy atom. The van der Waals surface area contributed by atoms with E-state index in [0.717, 1.165) is 25.4 Å². The number of alkyl halides is 3. The number of pyridine rings is 1. The lowest BCUT2D eigenvalue weighted by molar-refractivity contribution is -0.274. The van der Waals surface area contributed by atoms with Gasteiger partial charge in [-0.05, 0) is 17.7 Å². The number of rotatable bonds is 6. The lowest BCUT2D eigenvalue weighted by Gasteiger charge is -2.18. The molecule has 0 fully saturated rings. The Bertz CT molecular complexity index is 937. The highest BCUT2D eigenvalue weighted by Gasteiger charge is 2.31. The second kappa shape index (κ2) is 8.03. The maximum absolute atomic E-state index is 12.3. The molecule has 1 amide bonds. The van der Waals surface area contributed by atoms with Crippen molar-refractivity contribution < 1.29 is 37.3 Å². The van der Waals surface area contributed by atoms with Crippen LogP contribution in [-0.4, -0.2) is 35.4 Å². The molecule has 1 atom stereocenters. The number of amides is 1. The summed E-state index contributed by atoms with van der Waals surface area (Å²) in [5.74, 6) is -4.16. The maximum atomic E-state index is 12.3. The standard InChI is InChI=1S/C17H15F3N2O6/c1-27-16(26)11-7-22-15(25)13(14(11)24)10(6-12(21)23)8-2-4-9(5-3-8)28-17(18,19)20/h2-5,7,10H,6H2,1H3,(H2,21,23)(H2,22,24,25)/t10-/m1/s1. The topological polar surface area (TPSA) is 132 Å². The summed E-state index contributed by atoms with van der Waals surface area (Å²) in [6.45, 7) is 0. The summed E-state index contributed by atoms with van der Waals surface area (Å²) >= 11 is 0. The molecule has 11 heteroatoms. The van der Waals surface area contributed by atoms with Gasteiger partial charge in [0, 0.05) is 18.5 Å². The Morgan fingerprint density at radius 1 is 1.25 bits per heavy atom. The maximum Gasteiger partial charge on any atom is 0.573 e. The average Bonchev–Trinajstić information content (AvgIpc) is 2.59. The molecule has 28 heavy (non-hydrogen) atoms. The minimum Gasteiger partial charge on any atom is -0.506 e. The molecule has 150 valence electrons. The normalized spacial score (nSPS) is 12.3. The van der Waals surface area contributed by atoms with Gasteiger partial charge >= 0.3 is 12.3 Å². The summed E-state index contributed by atoms with van der Waals surface area (Å²) in [6.07, 6.45) is -4.41. The summed E-state index contributed by atoms with van der Waals surface area (Å²) < 4.78 is 45.1. The van der Waals surface area contributed by atoms with E-state index in [9.17, 15) is 32.7 Å². The number of aromatic hydroxyl groups is 1. The van der Waals surface area contributed by atoms with E-state index in [-0.39, 0.29) is 16.7 Å². The number of methoxy groups -OCH3 is 1. The van der Waals surface area contributed by atoms with Gasteiger partial charge in [-0.25, -0.2) is 4.79 Å². The Labute approximate surface area is 155 Å². The lowest BCUT2D eigenvalue weighted by Crippen LogP contribution is -2.24. The number of primary amides is 1. The average molecular weight is 400 g/mol. The number of hydrogen-bond acceptors (Lipinski definition) is 6. The zero-order valence-electron chi connectivity index (χ0n) is 14.4. The van der Waals surface area contributed by atoms with Gasteiger partial charge in [0.2, 0.25) is 5.91 Å². The molecule has 1 heterocycles. The molecule has 2 rings (SSSR count). The Hall–Kier alpha value is -3.50. The summed E-state index contributed by atoms with van der Waals surface area (Å²) in [4.78, 5) is 37.7. The molecule has 0 saturated carbocycles. The van der Waals surface area contributed by atoms with E-state index >= 15 is 0 Å². The van der Waals surface area contributed by atoms with E-state index in [0.29, 0.717) is 0 Å². The predicted octanol–water partition coefficient (Wildman–Crippen LogP) is 1.77. The molecule has 0 saturated heterocycles. The molecule has 0 unspecified atom stereocenters. The van der Waals surface area contributed by atoms with E-state index in [2.05, 4.69) is 14.5 Å². The minimum atomic E-state index is -4.89. The van der Waals surface area contributed by atoms with E-state index < -0.39 is 47.6 Å². The van der Waals surface area contributed by atoms with Crippen LogP contribution in [0.2, 0.25) is 0 Å². The molecule has 8 nitrogen and oxygen atoms in total. The first kappa shape index (κ1) is 20.8. The SMILES string of the molecule is COC(=O)c1c[nH]c(=O)c([C@H](CC(N)=O)c2ccc(OC(F)(F)F)cc2)c1O. The zero-order chi connectivity index (χ0) is 21.1. The molecule has 0 radical (unpaired) electrons. The first-order valence-corrected chi connectivity index (χ1v) is 7.70. The van der Waals surface area contributed by atoms with E-state index in [1.165, 1.54) is 12.1 Å². The molecule has 0 aliphatic rings. The molecule has 1 aromatic heterocycles. The van der Waals surface area contributed by atoms with Gasteiger partial charge in [0.15, 0.2) is 0 Å². The van der Waals surface area contributed by atoms with Gasteiger partial charge in [0.25, 0.3) is 5.56 Å². The summed E-state index contributed by atoms with van der Waals surface area (Å²) in [5.41, 5.74) is 3.87. The van der Waals surface area contributed by atoms with Crippen molar-refractivity contribution in [2.75, 3.05) is 7.11 Å². The number of hydrogen-bond donors (Lipinski definition) is 3. The van der Waals surface area contributed by atoms with Crippen molar-refractivity contribution in [3.8, 4) is 11.5 Å². The summed E-state index contributed by atoms with van der Waals surface area (Å²) in [7, 11) is 1.06. The lowest BCUT2D eigenvalue weighted by atomic mass is 9.87. The number of halogens is 3. The number of aromatic amines is 1. The van der Waals surface area contributed by atoms with Crippen LogP contribution in [0.15, 0.2) is 35.3 Å². The Morgan fingerprint density at radius 2 is 1.86 bits per heavy atom. The van der Waals surface area contributed by atoms with E-state index in [4.69, 9.17) is 5.73 Å². The number of ether oxygens (including phenoxy) is 2. The highest BCUT2D eigenvalue weighted by Crippen LogP contribution is 2.34. The molecular weight excluding hydrogens is 385 g/mol. The Balaban J connectivity index is 2.55. The number of nitrogens with two attached hydrogens (primary N) is 1. The fraction of sp³-hybridized carbons (Fsp3) is 0.235. The zero-order valence-corrected chi connectivity index (χ0v) is 14.4. The van der Waals surface area contributed by atoms with E-state index in [1.807, 2.05) is 0 Å². The van der Waals surface area contributed by atoms with Gasteiger partial charge in [-0.15, -0.1) is 13.2 Å². The number of aromatic nitrogens is 1. The number of carbonyl (C=O) groups is 2. The molecule has 0 spiro atoms. The van der Waals surface area contributed by atoms with Crippen molar-refractivity contribution in [3.05, 3.63) is 57.5 Å². The van der Waals surface area contributed by atoms with E-state index in [1.54, 1.807) is 0 Å². The van der Waals surface area contributed by atoms with Gasteiger partial charge in [-0.3, -0.25) is 9.59 Å². The third-order valence-electron chi connectivity index (χ3n) is 3.78. The van der Waals surface area contributed by atoms with Gasteiger partial charge in [0.1, 0.15) is 17.1 Å². The second-order valence-electron chi connectivity index (χ2n) is 5.63. The summed E-state index contributed by atoms with van der Waals surface area (Å²) in [6, 6.07) is 4.31. The van der Waals surface area contributed by atoms with Gasteiger partial charge < -0.3 is 25.3 Å². The Kier molecular flexibility index (Phi) is 5.96. The number of H-pyrrole nitrogens is 1. The van der Waals surface area contributed by atoms with Crippen LogP contribution in [0.1, 0.15) is 33.8 Å². The molecule has 0 aliphatic heterocycles. The van der Waals surface area contributed by atoms with Crippen LogP contribution in [0.5, 0.6) is 11.5 Å². The van der Waals surface area contributed by atoms with Crippen LogP contribution in [0.4, 0.5) is 13.2 Å². The first-order chi connectivity index (χ1) is 13.0. The molecule has 0 bridgehead atoms. The van der Waals surface area contributed by atoms with Gasteiger partial charge in [-0.1, -0.05) is 12.1 Å². The van der Waals surface area contributed by atoms with Crippen LogP contribution in [0.3, 0.4) is 0 Å². The summed E-state index contributed by atoms with van der Waals surface area (Å²) in [5, 5.41) is 10.4. The van der Waals surface area contributed by atoms with Crippen LogP contribution < -0.4 is 16.0 Å². The molecule has 4 N–H and O–H groups in total. The molecule has 0 aliphatic carbocycles. The second-order valence-corrected chi connectivity index (χ2v) is 5.63. The smallest absolute Gasteiger partial charge is 0.506 e. The highest BCUT2D eigenvalue weighted by atomic mass is 19.4.